The number of carbonyl (C=O) groups is 2. The molecule has 12 nitrogen and oxygen atoms in total. The molecule has 0 aliphatic heterocycles. The van der Waals surface area contributed by atoms with Crippen LogP contribution in [-0.4, -0.2) is 50.7 Å². The molecule has 0 saturated carbocycles. The fourth-order valence-corrected chi connectivity index (χ4v) is 5.12. The Morgan fingerprint density at radius 1 is 0.923 bits per heavy atom. The van der Waals surface area contributed by atoms with Crippen molar-refractivity contribution in [3.8, 4) is 0 Å². The van der Waals surface area contributed by atoms with Crippen molar-refractivity contribution >= 4 is 33.6 Å². The highest BCUT2D eigenvalue weighted by Gasteiger charge is 2.28. The van der Waals surface area contributed by atoms with E-state index in [1.54, 1.807) is 54.6 Å². The van der Waals surface area contributed by atoms with Gasteiger partial charge in [-0.05, 0) is 30.4 Å². The van der Waals surface area contributed by atoms with E-state index in [4.69, 9.17) is 22.6 Å². The van der Waals surface area contributed by atoms with Gasteiger partial charge in [-0.1, -0.05) is 67.9 Å². The predicted molar refractivity (Wildman–Crippen MR) is 152 cm³/mol. The first-order chi connectivity index (χ1) is 18.5. The lowest BCUT2D eigenvalue weighted by Gasteiger charge is -2.23. The molecule has 0 fully saturated rings. The average molecular weight is 559 g/mol. The first kappa shape index (κ1) is 31.2. The van der Waals surface area contributed by atoms with Gasteiger partial charge in [-0.25, -0.2) is 13.1 Å². The number of carbonyl (C=O) groups excluding carboxylic acids is 2. The molecule has 2 atom stereocenters. The number of rotatable bonds is 16. The summed E-state index contributed by atoms with van der Waals surface area (Å²) >= 11 is 0. The molecule has 0 heterocycles. The van der Waals surface area contributed by atoms with Gasteiger partial charge in [0.1, 0.15) is 17.9 Å². The van der Waals surface area contributed by atoms with Crippen LogP contribution in [0.3, 0.4) is 0 Å². The smallest absolute Gasteiger partial charge is 0.242 e. The lowest BCUT2D eigenvalue weighted by Crippen LogP contribution is -2.53. The van der Waals surface area contributed by atoms with Gasteiger partial charge in [0.15, 0.2) is 5.96 Å². The van der Waals surface area contributed by atoms with Crippen LogP contribution in [0.2, 0.25) is 0 Å². The van der Waals surface area contributed by atoms with E-state index in [1.807, 2.05) is 6.92 Å². The zero-order valence-electron chi connectivity index (χ0n) is 22.0. The van der Waals surface area contributed by atoms with E-state index in [-0.39, 0.29) is 37.1 Å². The molecule has 212 valence electrons. The van der Waals surface area contributed by atoms with Gasteiger partial charge < -0.3 is 27.8 Å². The maximum atomic E-state index is 13.2. The number of nitrogen functional groups attached to an aromatic ring is 1. The van der Waals surface area contributed by atoms with Crippen molar-refractivity contribution in [2.24, 2.45) is 22.2 Å². The van der Waals surface area contributed by atoms with Crippen molar-refractivity contribution in [2.45, 2.75) is 57.0 Å². The third-order valence-electron chi connectivity index (χ3n) is 5.73. The molecule has 2 aromatic rings. The summed E-state index contributed by atoms with van der Waals surface area (Å²) in [6.45, 7) is 2.30. The summed E-state index contributed by atoms with van der Waals surface area (Å²) in [6.07, 6.45) is 1.43. The minimum atomic E-state index is -3.88. The Balaban J connectivity index is 2.09. The molecule has 0 radical (unpaired) electrons. The molecule has 0 saturated heterocycles. The molecule has 10 N–H and O–H groups in total. The number of guanidine groups is 1. The fourth-order valence-electron chi connectivity index (χ4n) is 3.74. The van der Waals surface area contributed by atoms with Gasteiger partial charge in [-0.3, -0.25) is 20.0 Å². The minimum Gasteiger partial charge on any atom is -0.384 e. The highest BCUT2D eigenvalue weighted by atomic mass is 32.2. The second kappa shape index (κ2) is 15.4. The van der Waals surface area contributed by atoms with Crippen molar-refractivity contribution in [1.29, 1.82) is 5.41 Å². The first-order valence-corrected chi connectivity index (χ1v) is 14.3. The number of nitrogens with two attached hydrogens (primary N) is 3. The van der Waals surface area contributed by atoms with Crippen LogP contribution < -0.4 is 32.6 Å². The SMILES string of the molecule is CCC[C@H](NC(=O)[C@@H](CCCN=C(N)N)NS(=O)(=O)Cc1ccccc1)C(=O)NCc1ccc(C(=N)N)cc1. The second-order valence-corrected chi connectivity index (χ2v) is 10.8. The van der Waals surface area contributed by atoms with E-state index in [2.05, 4.69) is 20.3 Å². The van der Waals surface area contributed by atoms with Gasteiger partial charge >= 0.3 is 0 Å². The van der Waals surface area contributed by atoms with Crippen molar-refractivity contribution in [3.05, 3.63) is 71.3 Å². The standard InChI is InChI=1S/C26H38N8O4S/c1-2-7-21(24(35)32-16-18-11-13-20(14-12-18)23(27)28)33-25(36)22(10-6-15-31-26(29)30)34-39(37,38)17-19-8-4-3-5-9-19/h3-5,8-9,11-14,21-22,34H,2,6-7,10,15-17H2,1H3,(H3,27,28)(H,32,35)(H,33,36)(H4,29,30,31)/t21-,22+/m0/s1. The van der Waals surface area contributed by atoms with E-state index in [0.29, 0.717) is 30.4 Å². The monoisotopic (exact) mass is 558 g/mol. The second-order valence-electron chi connectivity index (χ2n) is 9.04. The maximum Gasteiger partial charge on any atom is 0.242 e. The topological polar surface area (TPSA) is 219 Å². The molecular weight excluding hydrogens is 520 g/mol. The third kappa shape index (κ3) is 11.5. The van der Waals surface area contributed by atoms with E-state index < -0.39 is 33.9 Å². The molecule has 39 heavy (non-hydrogen) atoms. The molecule has 2 amide bonds. The molecule has 0 aliphatic carbocycles. The summed E-state index contributed by atoms with van der Waals surface area (Å²) in [6, 6.07) is 13.5. The quantitative estimate of drug-likeness (QED) is 0.0873. The summed E-state index contributed by atoms with van der Waals surface area (Å²) in [5, 5.41) is 13.0. The molecule has 0 bridgehead atoms. The Kier molecular flexibility index (Phi) is 12.4. The maximum absolute atomic E-state index is 13.2. The number of hydrogen-bond donors (Lipinski definition) is 7. The van der Waals surface area contributed by atoms with Crippen molar-refractivity contribution in [1.82, 2.24) is 15.4 Å². The van der Waals surface area contributed by atoms with Crippen LogP contribution in [0.1, 0.15) is 49.3 Å². The average Bonchev–Trinajstić information content (AvgIpc) is 2.89. The Labute approximate surface area is 229 Å². The van der Waals surface area contributed by atoms with Crippen LogP contribution in [0, 0.1) is 5.41 Å². The van der Waals surface area contributed by atoms with Gasteiger partial charge in [0.25, 0.3) is 0 Å². The largest absolute Gasteiger partial charge is 0.384 e. The molecular formula is C26H38N8O4S. The number of hydrogen-bond acceptors (Lipinski definition) is 6. The van der Waals surface area contributed by atoms with E-state index >= 15 is 0 Å². The lowest BCUT2D eigenvalue weighted by atomic mass is 10.1. The zero-order chi connectivity index (χ0) is 28.8. The Morgan fingerprint density at radius 3 is 2.18 bits per heavy atom. The zero-order valence-corrected chi connectivity index (χ0v) is 22.8. The van der Waals surface area contributed by atoms with Crippen LogP contribution in [-0.2, 0) is 31.9 Å². The summed E-state index contributed by atoms with van der Waals surface area (Å²) in [5.41, 5.74) is 18.1. The van der Waals surface area contributed by atoms with Gasteiger partial charge in [0, 0.05) is 18.7 Å². The van der Waals surface area contributed by atoms with Gasteiger partial charge in [-0.2, -0.15) is 0 Å². The summed E-state index contributed by atoms with van der Waals surface area (Å²) < 4.78 is 28.2. The first-order valence-electron chi connectivity index (χ1n) is 12.6. The summed E-state index contributed by atoms with van der Waals surface area (Å²) in [4.78, 5) is 30.1. The van der Waals surface area contributed by atoms with Gasteiger partial charge in [-0.15, -0.1) is 0 Å². The Morgan fingerprint density at radius 2 is 1.59 bits per heavy atom. The number of benzene rings is 2. The van der Waals surface area contributed by atoms with Crippen molar-refractivity contribution in [3.63, 3.8) is 0 Å². The lowest BCUT2D eigenvalue weighted by molar-refractivity contribution is -0.130. The van der Waals surface area contributed by atoms with Gasteiger partial charge in [0.05, 0.1) is 5.75 Å². The van der Waals surface area contributed by atoms with E-state index in [9.17, 15) is 18.0 Å². The van der Waals surface area contributed by atoms with Crippen LogP contribution in [0.25, 0.3) is 0 Å². The minimum absolute atomic E-state index is 0.0523. The Bertz CT molecular complexity index is 1230. The number of sulfonamides is 1. The summed E-state index contributed by atoms with van der Waals surface area (Å²) in [5.74, 6) is -1.46. The Hall–Kier alpha value is -3.97. The molecule has 0 aliphatic rings. The third-order valence-corrected chi connectivity index (χ3v) is 7.08. The molecule has 0 aromatic heterocycles. The molecule has 0 unspecified atom stereocenters. The number of amides is 2. The summed E-state index contributed by atoms with van der Waals surface area (Å²) in [7, 11) is -3.88. The number of nitrogens with zero attached hydrogens (tertiary/aromatic N) is 1. The highest BCUT2D eigenvalue weighted by Crippen LogP contribution is 2.09. The number of nitrogens with one attached hydrogen (secondary N) is 4. The molecule has 13 heteroatoms. The number of amidine groups is 1. The van der Waals surface area contributed by atoms with Crippen LogP contribution in [0.4, 0.5) is 0 Å². The van der Waals surface area contributed by atoms with Crippen LogP contribution in [0.5, 0.6) is 0 Å². The van der Waals surface area contributed by atoms with E-state index in [0.717, 1.165) is 5.56 Å². The highest BCUT2D eigenvalue weighted by molar-refractivity contribution is 7.88. The van der Waals surface area contributed by atoms with Crippen molar-refractivity contribution in [2.75, 3.05) is 6.54 Å². The molecule has 2 rings (SSSR count). The van der Waals surface area contributed by atoms with Crippen LogP contribution >= 0.6 is 0 Å². The van der Waals surface area contributed by atoms with Crippen LogP contribution in [0.15, 0.2) is 59.6 Å². The van der Waals surface area contributed by atoms with Crippen molar-refractivity contribution < 1.29 is 18.0 Å². The van der Waals surface area contributed by atoms with E-state index in [1.165, 1.54) is 0 Å². The molecule has 2 aromatic carbocycles. The normalized spacial score (nSPS) is 12.6. The number of aliphatic imine (C=N–C) groups is 1. The predicted octanol–water partition coefficient (Wildman–Crippen LogP) is 0.414. The van der Waals surface area contributed by atoms with Gasteiger partial charge in [0.2, 0.25) is 21.8 Å². The fraction of sp³-hybridized carbons (Fsp3) is 0.385. The molecule has 0 spiro atoms.